The third-order valence-corrected chi connectivity index (χ3v) is 3.38. The Labute approximate surface area is 123 Å². The summed E-state index contributed by atoms with van der Waals surface area (Å²) in [5, 5.41) is 15.0. The Hall–Kier alpha value is -1.43. The van der Waals surface area contributed by atoms with Gasteiger partial charge in [0.25, 0.3) is 0 Å². The summed E-state index contributed by atoms with van der Waals surface area (Å²) in [5.74, 6) is 0. The highest BCUT2D eigenvalue weighted by Gasteiger charge is 2.18. The molecule has 2 heterocycles. The van der Waals surface area contributed by atoms with Gasteiger partial charge in [-0.25, -0.2) is 0 Å². The van der Waals surface area contributed by atoms with Crippen molar-refractivity contribution in [1.29, 1.82) is 0 Å². The maximum atomic E-state index is 10.3. The minimum absolute atomic E-state index is 0.486. The van der Waals surface area contributed by atoms with Crippen LogP contribution >= 0.6 is 11.6 Å². The van der Waals surface area contributed by atoms with Crippen molar-refractivity contribution in [2.75, 3.05) is 13.7 Å². The number of methoxy groups -OCH3 is 1. The zero-order valence-electron chi connectivity index (χ0n) is 11.4. The first-order valence-electron chi connectivity index (χ1n) is 6.49. The van der Waals surface area contributed by atoms with Gasteiger partial charge in [-0.3, -0.25) is 9.67 Å². The normalized spacial score (nSPS) is 12.6. The van der Waals surface area contributed by atoms with Crippen LogP contribution in [0.2, 0.25) is 5.02 Å². The lowest BCUT2D eigenvalue weighted by Gasteiger charge is -2.14. The van der Waals surface area contributed by atoms with E-state index in [1.807, 2.05) is 12.1 Å². The lowest BCUT2D eigenvalue weighted by molar-refractivity contribution is 0.146. The molecule has 1 unspecified atom stereocenters. The molecule has 0 aliphatic heterocycles. The second kappa shape index (κ2) is 7.38. The topological polar surface area (TPSA) is 60.2 Å². The fraction of sp³-hybridized carbons (Fsp3) is 0.429. The van der Waals surface area contributed by atoms with Crippen LogP contribution in [-0.4, -0.2) is 33.6 Å². The van der Waals surface area contributed by atoms with E-state index < -0.39 is 6.10 Å². The molecule has 20 heavy (non-hydrogen) atoms. The number of rotatable bonds is 7. The summed E-state index contributed by atoms with van der Waals surface area (Å²) in [5.41, 5.74) is 1.73. The molecule has 0 amide bonds. The van der Waals surface area contributed by atoms with Gasteiger partial charge in [0.15, 0.2) is 0 Å². The van der Waals surface area contributed by atoms with Crippen LogP contribution in [0.3, 0.4) is 0 Å². The zero-order chi connectivity index (χ0) is 14.4. The van der Waals surface area contributed by atoms with E-state index in [0.29, 0.717) is 30.3 Å². The lowest BCUT2D eigenvalue weighted by atomic mass is 10.1. The smallest absolute Gasteiger partial charge is 0.0975 e. The van der Waals surface area contributed by atoms with Gasteiger partial charge in [0.05, 0.1) is 36.2 Å². The Balaban J connectivity index is 2.01. The molecular weight excluding hydrogens is 278 g/mol. The Morgan fingerprint density at radius 3 is 3.00 bits per heavy atom. The first-order valence-corrected chi connectivity index (χ1v) is 6.87. The van der Waals surface area contributed by atoms with Crippen molar-refractivity contribution in [3.05, 3.63) is 47.0 Å². The molecule has 0 fully saturated rings. The number of aryl methyl sites for hydroxylation is 1. The van der Waals surface area contributed by atoms with Gasteiger partial charge in [0.1, 0.15) is 0 Å². The van der Waals surface area contributed by atoms with Crippen molar-refractivity contribution in [3.63, 3.8) is 0 Å². The molecule has 0 radical (unpaired) electrons. The minimum Gasteiger partial charge on any atom is -0.387 e. The van der Waals surface area contributed by atoms with Gasteiger partial charge in [-0.2, -0.15) is 5.10 Å². The number of aliphatic hydroxyl groups is 1. The summed E-state index contributed by atoms with van der Waals surface area (Å²) in [6.45, 7) is 1.10. The molecule has 0 saturated heterocycles. The van der Waals surface area contributed by atoms with Gasteiger partial charge in [-0.15, -0.1) is 0 Å². The van der Waals surface area contributed by atoms with Gasteiger partial charge in [0, 0.05) is 19.5 Å². The summed E-state index contributed by atoms with van der Waals surface area (Å²) in [4.78, 5) is 4.06. The number of halogens is 1. The molecule has 0 aliphatic carbocycles. The van der Waals surface area contributed by atoms with Crippen LogP contribution in [0.15, 0.2) is 30.7 Å². The molecule has 5 nitrogen and oxygen atoms in total. The van der Waals surface area contributed by atoms with Crippen molar-refractivity contribution >= 4 is 11.6 Å². The molecule has 6 heteroatoms. The van der Waals surface area contributed by atoms with Gasteiger partial charge < -0.3 is 9.84 Å². The molecule has 0 bridgehead atoms. The van der Waals surface area contributed by atoms with Crippen molar-refractivity contribution in [2.45, 2.75) is 25.5 Å². The summed E-state index contributed by atoms with van der Waals surface area (Å²) < 4.78 is 6.72. The van der Waals surface area contributed by atoms with E-state index in [-0.39, 0.29) is 0 Å². The van der Waals surface area contributed by atoms with E-state index in [0.717, 1.165) is 12.0 Å². The third kappa shape index (κ3) is 3.79. The van der Waals surface area contributed by atoms with E-state index >= 15 is 0 Å². The maximum Gasteiger partial charge on any atom is 0.0975 e. The first kappa shape index (κ1) is 15.0. The van der Waals surface area contributed by atoms with E-state index in [4.69, 9.17) is 16.3 Å². The highest BCUT2D eigenvalue weighted by atomic mass is 35.5. The van der Waals surface area contributed by atoms with Crippen LogP contribution in [0, 0.1) is 0 Å². The Morgan fingerprint density at radius 1 is 1.45 bits per heavy atom. The van der Waals surface area contributed by atoms with Gasteiger partial charge in [0.2, 0.25) is 0 Å². The average molecular weight is 296 g/mol. The van der Waals surface area contributed by atoms with E-state index in [9.17, 15) is 5.11 Å². The summed E-state index contributed by atoms with van der Waals surface area (Å²) in [7, 11) is 1.63. The monoisotopic (exact) mass is 295 g/mol. The number of hydrogen-bond donors (Lipinski definition) is 1. The van der Waals surface area contributed by atoms with Gasteiger partial charge in [-0.1, -0.05) is 17.7 Å². The molecule has 0 saturated carbocycles. The number of aliphatic hydroxyl groups excluding tert-OH is 1. The SMILES string of the molecule is COCCn1ncc(Cl)c1C(O)CCc1cccnc1. The molecule has 108 valence electrons. The Bertz CT molecular complexity index is 530. The standard InChI is InChI=1S/C14H18ClN3O2/c1-20-8-7-18-14(12(15)10-17-18)13(19)5-4-11-3-2-6-16-9-11/h2-3,6,9-10,13,19H,4-5,7-8H2,1H3. The lowest BCUT2D eigenvalue weighted by Crippen LogP contribution is -2.13. The third-order valence-electron chi connectivity index (χ3n) is 3.09. The predicted molar refractivity (Wildman–Crippen MR) is 76.6 cm³/mol. The van der Waals surface area contributed by atoms with E-state index in [1.54, 1.807) is 30.4 Å². The number of aromatic nitrogens is 3. The molecular formula is C14H18ClN3O2. The largest absolute Gasteiger partial charge is 0.387 e. The van der Waals surface area contributed by atoms with Crippen LogP contribution < -0.4 is 0 Å². The molecule has 2 rings (SSSR count). The fourth-order valence-electron chi connectivity index (χ4n) is 2.05. The number of ether oxygens (including phenoxy) is 1. The van der Waals surface area contributed by atoms with Crippen LogP contribution in [0.5, 0.6) is 0 Å². The zero-order valence-corrected chi connectivity index (χ0v) is 12.1. The summed E-state index contributed by atoms with van der Waals surface area (Å²) in [6.07, 6.45) is 5.75. The van der Waals surface area contributed by atoms with E-state index in [2.05, 4.69) is 10.1 Å². The number of nitrogens with zero attached hydrogens (tertiary/aromatic N) is 3. The van der Waals surface area contributed by atoms with Crippen molar-refractivity contribution in [1.82, 2.24) is 14.8 Å². The maximum absolute atomic E-state index is 10.3. The second-order valence-electron chi connectivity index (χ2n) is 4.51. The summed E-state index contributed by atoms with van der Waals surface area (Å²) >= 11 is 6.10. The molecule has 1 atom stereocenters. The quantitative estimate of drug-likeness (QED) is 0.851. The Morgan fingerprint density at radius 2 is 2.30 bits per heavy atom. The predicted octanol–water partition coefficient (Wildman–Crippen LogP) is 2.24. The molecule has 0 aliphatic rings. The number of pyridine rings is 1. The fourth-order valence-corrected chi connectivity index (χ4v) is 2.31. The van der Waals surface area contributed by atoms with Crippen LogP contribution in [0.25, 0.3) is 0 Å². The molecule has 0 aromatic carbocycles. The van der Waals surface area contributed by atoms with Crippen LogP contribution in [0.1, 0.15) is 23.8 Å². The number of hydrogen-bond acceptors (Lipinski definition) is 4. The van der Waals surface area contributed by atoms with Crippen molar-refractivity contribution < 1.29 is 9.84 Å². The average Bonchev–Trinajstić information content (AvgIpc) is 2.84. The Kier molecular flexibility index (Phi) is 5.52. The van der Waals surface area contributed by atoms with Crippen molar-refractivity contribution in [3.8, 4) is 0 Å². The van der Waals surface area contributed by atoms with Crippen molar-refractivity contribution in [2.24, 2.45) is 0 Å². The minimum atomic E-state index is -0.651. The van der Waals surface area contributed by atoms with Crippen LogP contribution in [0.4, 0.5) is 0 Å². The molecule has 2 aromatic rings. The summed E-state index contributed by atoms with van der Waals surface area (Å²) in [6, 6.07) is 3.88. The molecule has 2 aromatic heterocycles. The molecule has 1 N–H and O–H groups in total. The highest BCUT2D eigenvalue weighted by Crippen LogP contribution is 2.26. The van der Waals surface area contributed by atoms with E-state index in [1.165, 1.54) is 0 Å². The highest BCUT2D eigenvalue weighted by molar-refractivity contribution is 6.31. The van der Waals surface area contributed by atoms with Gasteiger partial charge >= 0.3 is 0 Å². The van der Waals surface area contributed by atoms with Gasteiger partial charge in [-0.05, 0) is 24.5 Å². The second-order valence-corrected chi connectivity index (χ2v) is 4.92. The first-order chi connectivity index (χ1) is 9.72. The molecule has 0 spiro atoms. The van der Waals surface area contributed by atoms with Crippen LogP contribution in [-0.2, 0) is 17.7 Å².